The Morgan fingerprint density at radius 3 is 1.05 bits per heavy atom. The number of hydrogen-bond acceptors (Lipinski definition) is 0. The Kier molecular flexibility index (Phi) is 4.55. The molecule has 0 aliphatic carbocycles. The molecule has 1 rings (SSSR count). The first-order valence-corrected chi connectivity index (χ1v) is 7.46. The van der Waals surface area contributed by atoms with Gasteiger partial charge in [0.05, 0.1) is 5.30 Å². The van der Waals surface area contributed by atoms with Crippen LogP contribution in [-0.4, -0.2) is 10.3 Å². The monoisotopic (exact) mass is 312 g/mol. The third kappa shape index (κ3) is 2.98. The van der Waals surface area contributed by atoms with Crippen LogP contribution in [0.5, 0.6) is 0 Å². The van der Waals surface area contributed by atoms with Crippen molar-refractivity contribution in [1.29, 1.82) is 0 Å². The Bertz CT molecular complexity index is 483. The van der Waals surface area contributed by atoms with Crippen LogP contribution in [0.2, 0.25) is 0 Å². The quantitative estimate of drug-likeness (QED) is 0.293. The van der Waals surface area contributed by atoms with Gasteiger partial charge in [-0.3, -0.25) is 0 Å². The third-order valence-corrected chi connectivity index (χ3v) is 6.28. The van der Waals surface area contributed by atoms with Gasteiger partial charge in [-0.2, -0.15) is 0 Å². The predicted molar refractivity (Wildman–Crippen MR) is 72.3 cm³/mol. The van der Waals surface area contributed by atoms with Gasteiger partial charge in [0.15, 0.2) is 23.3 Å². The van der Waals surface area contributed by atoms with Gasteiger partial charge in [-0.25, -0.2) is 22.0 Å². The lowest BCUT2D eigenvalue weighted by Crippen LogP contribution is -2.35. The first kappa shape index (κ1) is 17.4. The molecule has 6 heteroatoms. The molecule has 0 spiro atoms. The van der Waals surface area contributed by atoms with E-state index in [1.54, 1.807) is 41.5 Å². The average Bonchev–Trinajstić information content (AvgIpc) is 2.26. The van der Waals surface area contributed by atoms with E-state index in [2.05, 4.69) is 0 Å². The van der Waals surface area contributed by atoms with Crippen LogP contribution in [0.15, 0.2) is 0 Å². The van der Waals surface area contributed by atoms with Gasteiger partial charge >= 0.3 is 0 Å². The highest BCUT2D eigenvalue weighted by Crippen LogP contribution is 2.59. The van der Waals surface area contributed by atoms with E-state index < -0.39 is 52.6 Å². The molecule has 0 fully saturated rings. The Morgan fingerprint density at radius 1 is 0.550 bits per heavy atom. The number of hydrogen-bond donors (Lipinski definition) is 0. The van der Waals surface area contributed by atoms with E-state index in [0.29, 0.717) is 0 Å². The molecule has 0 aliphatic rings. The van der Waals surface area contributed by atoms with Gasteiger partial charge in [-0.15, -0.1) is 0 Å². The predicted octanol–water partition coefficient (Wildman–Crippen LogP) is 5.09. The highest BCUT2D eigenvalue weighted by Gasteiger charge is 2.41. The minimum Gasteiger partial charge on any atom is -0.203 e. The van der Waals surface area contributed by atoms with Crippen molar-refractivity contribution in [2.24, 2.45) is 0 Å². The van der Waals surface area contributed by atoms with E-state index >= 15 is 0 Å². The van der Waals surface area contributed by atoms with E-state index in [-0.39, 0.29) is 0 Å². The Labute approximate surface area is 117 Å². The number of halogens is 5. The third-order valence-electron chi connectivity index (χ3n) is 2.75. The zero-order valence-corrected chi connectivity index (χ0v) is 13.2. The van der Waals surface area contributed by atoms with Crippen LogP contribution in [-0.2, 0) is 0 Å². The van der Waals surface area contributed by atoms with Gasteiger partial charge in [-0.05, 0) is 10.3 Å². The van der Waals surface area contributed by atoms with Crippen molar-refractivity contribution in [3.8, 4) is 0 Å². The lowest BCUT2D eigenvalue weighted by Gasteiger charge is -2.41. The van der Waals surface area contributed by atoms with Crippen LogP contribution in [0.1, 0.15) is 41.5 Å². The first-order valence-electron chi connectivity index (χ1n) is 6.12. The summed E-state index contributed by atoms with van der Waals surface area (Å²) in [5.74, 6) is -9.28. The Morgan fingerprint density at radius 2 is 0.800 bits per heavy atom. The second kappa shape index (κ2) is 5.25. The normalized spacial score (nSPS) is 13.2. The van der Waals surface area contributed by atoms with Crippen molar-refractivity contribution in [2.45, 2.75) is 51.9 Å². The van der Waals surface area contributed by atoms with Gasteiger partial charge < -0.3 is 0 Å². The van der Waals surface area contributed by atoms with Gasteiger partial charge in [-0.1, -0.05) is 49.5 Å². The largest absolute Gasteiger partial charge is 0.203 e. The second-order valence-electron chi connectivity index (χ2n) is 6.60. The fourth-order valence-corrected chi connectivity index (χ4v) is 6.41. The molecular weight excluding hydrogens is 294 g/mol. The molecule has 20 heavy (non-hydrogen) atoms. The van der Waals surface area contributed by atoms with Crippen molar-refractivity contribution in [3.05, 3.63) is 29.1 Å². The van der Waals surface area contributed by atoms with E-state index in [4.69, 9.17) is 0 Å². The molecule has 1 aromatic rings. The van der Waals surface area contributed by atoms with Crippen LogP contribution in [0.4, 0.5) is 22.0 Å². The van der Waals surface area contributed by atoms with Crippen molar-refractivity contribution >= 4 is 13.2 Å². The number of benzene rings is 1. The summed E-state index contributed by atoms with van der Waals surface area (Å²) in [5, 5.41) is -1.88. The summed E-state index contributed by atoms with van der Waals surface area (Å²) in [6, 6.07) is 0. The van der Waals surface area contributed by atoms with Crippen LogP contribution in [0, 0.1) is 29.1 Å². The molecule has 0 radical (unpaired) electrons. The summed E-state index contributed by atoms with van der Waals surface area (Å²) in [7, 11) is -1.62. The highest BCUT2D eigenvalue weighted by atomic mass is 31.1. The smallest absolute Gasteiger partial charge is 0.200 e. The number of rotatable bonds is 1. The van der Waals surface area contributed by atoms with Crippen LogP contribution in [0.3, 0.4) is 0 Å². The Balaban J connectivity index is 3.76. The molecule has 0 unspecified atom stereocenters. The molecule has 0 amide bonds. The van der Waals surface area contributed by atoms with Gasteiger partial charge in [0.1, 0.15) is 0 Å². The molecule has 0 N–H and O–H groups in total. The SMILES string of the molecule is CC(C)(C)P(c1c(F)c(F)c(F)c(F)c1F)C(C)(C)C. The van der Waals surface area contributed by atoms with Crippen LogP contribution < -0.4 is 5.30 Å². The molecule has 114 valence electrons. The van der Waals surface area contributed by atoms with Crippen molar-refractivity contribution in [3.63, 3.8) is 0 Å². The maximum atomic E-state index is 14.0. The lowest BCUT2D eigenvalue weighted by atomic mass is 10.2. The molecular formula is C14H18F5P. The summed E-state index contributed by atoms with van der Waals surface area (Å²) in [5.41, 5.74) is 0. The first-order chi connectivity index (χ1) is 8.80. The fourth-order valence-electron chi connectivity index (χ4n) is 2.47. The summed E-state index contributed by atoms with van der Waals surface area (Å²) >= 11 is 0. The minimum absolute atomic E-state index is 0.605. The van der Waals surface area contributed by atoms with E-state index in [0.717, 1.165) is 0 Å². The Hall–Kier alpha value is -0.700. The van der Waals surface area contributed by atoms with Gasteiger partial charge in [0.25, 0.3) is 0 Å². The summed E-state index contributed by atoms with van der Waals surface area (Å²) in [6.45, 7) is 10.4. The van der Waals surface area contributed by atoms with Crippen molar-refractivity contribution < 1.29 is 22.0 Å². The zero-order valence-electron chi connectivity index (χ0n) is 12.3. The van der Waals surface area contributed by atoms with Crippen molar-refractivity contribution in [1.82, 2.24) is 0 Å². The molecule has 0 bridgehead atoms. The minimum atomic E-state index is -2.11. The van der Waals surface area contributed by atoms with Crippen LogP contribution >= 0.6 is 7.92 Å². The van der Waals surface area contributed by atoms with E-state index in [9.17, 15) is 22.0 Å². The highest BCUT2D eigenvalue weighted by molar-refractivity contribution is 7.68. The van der Waals surface area contributed by atoms with Gasteiger partial charge in [0.2, 0.25) is 5.82 Å². The van der Waals surface area contributed by atoms with Gasteiger partial charge in [0, 0.05) is 0 Å². The standard InChI is InChI=1S/C14H18F5P/c1-13(2,3)20(14(4,5)6)12-10(18)8(16)7(15)9(17)11(12)19/h1-6H3. The lowest BCUT2D eigenvalue weighted by molar-refractivity contribution is 0.384. The summed E-state index contributed by atoms with van der Waals surface area (Å²) < 4.78 is 67.9. The molecule has 0 nitrogen and oxygen atoms in total. The maximum absolute atomic E-state index is 14.0. The molecule has 0 saturated carbocycles. The summed E-state index contributed by atoms with van der Waals surface area (Å²) in [4.78, 5) is 0. The molecule has 0 aromatic heterocycles. The average molecular weight is 312 g/mol. The van der Waals surface area contributed by atoms with E-state index in [1.807, 2.05) is 0 Å². The van der Waals surface area contributed by atoms with Crippen molar-refractivity contribution in [2.75, 3.05) is 0 Å². The molecule has 0 heterocycles. The molecule has 1 aromatic carbocycles. The molecule has 0 aliphatic heterocycles. The molecule has 0 atom stereocenters. The zero-order chi connectivity index (χ0) is 16.0. The van der Waals surface area contributed by atoms with E-state index in [1.165, 1.54) is 0 Å². The second-order valence-corrected chi connectivity index (χ2v) is 10.4. The molecule has 0 saturated heterocycles. The van der Waals surface area contributed by atoms with Crippen LogP contribution in [0.25, 0.3) is 0 Å². The summed E-state index contributed by atoms with van der Waals surface area (Å²) in [6.07, 6.45) is 0. The topological polar surface area (TPSA) is 0 Å². The maximum Gasteiger partial charge on any atom is 0.200 e. The fraction of sp³-hybridized carbons (Fsp3) is 0.571.